The minimum atomic E-state index is -1.22. The average Bonchev–Trinajstić information content (AvgIpc) is 2.64. The van der Waals surface area contributed by atoms with E-state index >= 15 is 0 Å². The molecular weight excluding hydrogens is 428 g/mol. The molecule has 4 amide bonds. The third-order valence-electron chi connectivity index (χ3n) is 8.50. The number of nitrogens with one attached hydrogen (secondary N) is 2. The summed E-state index contributed by atoms with van der Waals surface area (Å²) >= 11 is 0. The number of esters is 2. The van der Waals surface area contributed by atoms with E-state index in [1.807, 2.05) is 0 Å². The van der Waals surface area contributed by atoms with E-state index in [0.29, 0.717) is 12.8 Å². The lowest BCUT2D eigenvalue weighted by molar-refractivity contribution is -0.187. The monoisotopic (exact) mass is 460 g/mol. The van der Waals surface area contributed by atoms with Crippen LogP contribution in [0.25, 0.3) is 0 Å². The molecule has 9 heteroatoms. The molecule has 0 radical (unpaired) electrons. The van der Waals surface area contributed by atoms with Gasteiger partial charge in [0.1, 0.15) is 0 Å². The van der Waals surface area contributed by atoms with Crippen LogP contribution in [0.4, 0.5) is 0 Å². The van der Waals surface area contributed by atoms with E-state index in [9.17, 15) is 28.8 Å². The van der Waals surface area contributed by atoms with E-state index in [0.717, 1.165) is 0 Å². The number of piperidine rings is 2. The van der Waals surface area contributed by atoms with Gasteiger partial charge < -0.3 is 4.74 Å². The van der Waals surface area contributed by atoms with Gasteiger partial charge in [-0.1, -0.05) is 27.7 Å². The molecule has 0 spiro atoms. The van der Waals surface area contributed by atoms with Crippen LogP contribution >= 0.6 is 0 Å². The molecule has 2 N–H and O–H groups in total. The molecule has 4 aliphatic rings. The average molecular weight is 461 g/mol. The molecule has 0 aromatic rings. The minimum Gasteiger partial charge on any atom is -0.392 e. The van der Waals surface area contributed by atoms with Gasteiger partial charge in [0.15, 0.2) is 0 Å². The Hall–Kier alpha value is -2.58. The number of hydrogen-bond acceptors (Lipinski definition) is 7. The van der Waals surface area contributed by atoms with Crippen molar-refractivity contribution >= 4 is 35.6 Å². The standard InChI is InChI=1S/C24H32N2O7/c1-19-7-20(2,14(28)25-13(19)27)10-23(5,9-19)17(31)33-18(32)24(6)11-21(3)8-22(4,12-24)16(30)26-15(21)29/h7-12H2,1-6H3,(H,25,27,28)(H,26,29,30). The van der Waals surface area contributed by atoms with Crippen molar-refractivity contribution in [1.82, 2.24) is 10.6 Å². The van der Waals surface area contributed by atoms with Gasteiger partial charge in [-0.15, -0.1) is 0 Å². The van der Waals surface area contributed by atoms with Crippen LogP contribution in [0.3, 0.4) is 0 Å². The fourth-order valence-corrected chi connectivity index (χ4v) is 7.61. The zero-order chi connectivity index (χ0) is 24.8. The highest BCUT2D eigenvalue weighted by atomic mass is 16.6. The summed E-state index contributed by atoms with van der Waals surface area (Å²) in [5.74, 6) is -3.26. The van der Waals surface area contributed by atoms with E-state index in [2.05, 4.69) is 10.6 Å². The predicted molar refractivity (Wildman–Crippen MR) is 114 cm³/mol. The van der Waals surface area contributed by atoms with Crippen LogP contribution in [-0.4, -0.2) is 35.6 Å². The summed E-state index contributed by atoms with van der Waals surface area (Å²) in [5, 5.41) is 4.82. The van der Waals surface area contributed by atoms with Crippen molar-refractivity contribution in [3.05, 3.63) is 0 Å². The van der Waals surface area contributed by atoms with Gasteiger partial charge in [-0.05, 0) is 52.4 Å². The quantitative estimate of drug-likeness (QED) is 0.364. The Morgan fingerprint density at radius 1 is 0.545 bits per heavy atom. The van der Waals surface area contributed by atoms with E-state index in [-0.39, 0.29) is 25.7 Å². The van der Waals surface area contributed by atoms with Crippen LogP contribution in [0, 0.1) is 32.5 Å². The van der Waals surface area contributed by atoms with E-state index < -0.39 is 68.1 Å². The Morgan fingerprint density at radius 2 is 0.788 bits per heavy atom. The number of fused-ring (bicyclic) bond motifs is 4. The van der Waals surface area contributed by atoms with Gasteiger partial charge >= 0.3 is 11.9 Å². The van der Waals surface area contributed by atoms with Gasteiger partial charge in [0.2, 0.25) is 23.6 Å². The largest absolute Gasteiger partial charge is 0.392 e. The molecular formula is C24H32N2O7. The Morgan fingerprint density at radius 3 is 1.03 bits per heavy atom. The Balaban J connectivity index is 1.59. The third kappa shape index (κ3) is 3.34. The van der Waals surface area contributed by atoms with E-state index in [1.54, 1.807) is 41.5 Å². The van der Waals surface area contributed by atoms with E-state index in [4.69, 9.17) is 4.74 Å². The molecule has 2 heterocycles. The summed E-state index contributed by atoms with van der Waals surface area (Å²) in [6.07, 6.45) is 1.24. The molecule has 2 saturated heterocycles. The van der Waals surface area contributed by atoms with E-state index in [1.165, 1.54) is 0 Å². The first-order chi connectivity index (χ1) is 14.9. The smallest absolute Gasteiger partial charge is 0.319 e. The molecule has 0 aromatic carbocycles. The van der Waals surface area contributed by atoms with Gasteiger partial charge in [-0.2, -0.15) is 0 Å². The van der Waals surface area contributed by atoms with Crippen LogP contribution in [0.5, 0.6) is 0 Å². The highest BCUT2D eigenvalue weighted by molar-refractivity contribution is 6.06. The topological polar surface area (TPSA) is 136 Å². The lowest BCUT2D eigenvalue weighted by Gasteiger charge is -2.53. The minimum absolute atomic E-state index is 0.147. The number of rotatable bonds is 2. The summed E-state index contributed by atoms with van der Waals surface area (Å²) < 4.78 is 5.42. The highest BCUT2D eigenvalue weighted by Crippen LogP contribution is 2.59. The van der Waals surface area contributed by atoms with Crippen molar-refractivity contribution in [2.45, 2.75) is 80.1 Å². The Labute approximate surface area is 192 Å². The van der Waals surface area contributed by atoms with Crippen molar-refractivity contribution in [2.24, 2.45) is 32.5 Å². The molecule has 4 fully saturated rings. The van der Waals surface area contributed by atoms with Crippen molar-refractivity contribution in [3.63, 3.8) is 0 Å². The maximum absolute atomic E-state index is 13.3. The molecule has 33 heavy (non-hydrogen) atoms. The maximum atomic E-state index is 13.3. The molecule has 2 saturated carbocycles. The Kier molecular flexibility index (Phi) is 4.65. The van der Waals surface area contributed by atoms with Gasteiger partial charge in [-0.3, -0.25) is 39.4 Å². The van der Waals surface area contributed by atoms with Crippen molar-refractivity contribution in [2.75, 3.05) is 0 Å². The first kappa shape index (κ1) is 23.6. The second-order valence-electron chi connectivity index (χ2n) is 12.7. The maximum Gasteiger partial charge on any atom is 0.319 e. The summed E-state index contributed by atoms with van der Waals surface area (Å²) in [6, 6.07) is 0. The predicted octanol–water partition coefficient (Wildman–Crippen LogP) is 1.77. The summed E-state index contributed by atoms with van der Waals surface area (Å²) in [6.45, 7) is 10.1. The van der Waals surface area contributed by atoms with Gasteiger partial charge in [0, 0.05) is 21.7 Å². The summed E-state index contributed by atoms with van der Waals surface area (Å²) in [4.78, 5) is 76.8. The molecule has 0 aromatic heterocycles. The van der Waals surface area contributed by atoms with Gasteiger partial charge in [0.25, 0.3) is 0 Å². The normalized spacial score (nSPS) is 46.8. The summed E-state index contributed by atoms with van der Waals surface area (Å²) in [7, 11) is 0. The molecule has 2 aliphatic carbocycles. The zero-order valence-corrected chi connectivity index (χ0v) is 20.1. The van der Waals surface area contributed by atoms with Gasteiger partial charge in [0.05, 0.1) is 10.8 Å². The van der Waals surface area contributed by atoms with Crippen LogP contribution in [0.15, 0.2) is 0 Å². The number of carbonyl (C=O) groups excluding carboxylic acids is 6. The molecule has 9 nitrogen and oxygen atoms in total. The molecule has 2 aliphatic heterocycles. The fourth-order valence-electron chi connectivity index (χ4n) is 7.61. The second-order valence-corrected chi connectivity index (χ2v) is 12.7. The number of carbonyl (C=O) groups is 6. The molecule has 4 rings (SSSR count). The fraction of sp³-hybridized carbons (Fsp3) is 0.750. The zero-order valence-electron chi connectivity index (χ0n) is 20.1. The number of ether oxygens (including phenoxy) is 1. The summed E-state index contributed by atoms with van der Waals surface area (Å²) in [5.41, 5.74) is -6.17. The lowest BCUT2D eigenvalue weighted by atomic mass is 9.52. The molecule has 180 valence electrons. The number of amides is 4. The SMILES string of the molecule is CC12CC(C)(CC(C)(C(=O)OC(=O)C3(C)CC4(C)CC(C)(C3)C(=O)NC4=O)C1)C(=O)NC2=O. The van der Waals surface area contributed by atoms with Crippen LogP contribution < -0.4 is 10.6 Å². The van der Waals surface area contributed by atoms with Crippen molar-refractivity contribution in [3.8, 4) is 0 Å². The van der Waals surface area contributed by atoms with Crippen molar-refractivity contribution < 1.29 is 33.5 Å². The van der Waals surface area contributed by atoms with Crippen molar-refractivity contribution in [1.29, 1.82) is 0 Å². The van der Waals surface area contributed by atoms with Crippen LogP contribution in [0.2, 0.25) is 0 Å². The second kappa shape index (κ2) is 6.51. The lowest BCUT2D eigenvalue weighted by Crippen LogP contribution is -2.64. The first-order valence-electron chi connectivity index (χ1n) is 11.4. The highest BCUT2D eigenvalue weighted by Gasteiger charge is 2.64. The first-order valence-corrected chi connectivity index (χ1v) is 11.4. The molecule has 4 atom stereocenters. The number of hydrogen-bond donors (Lipinski definition) is 2. The number of imide groups is 2. The van der Waals surface area contributed by atoms with Crippen LogP contribution in [0.1, 0.15) is 80.1 Å². The van der Waals surface area contributed by atoms with Gasteiger partial charge in [-0.25, -0.2) is 0 Å². The molecule has 4 bridgehead atoms. The van der Waals surface area contributed by atoms with Crippen LogP contribution in [-0.2, 0) is 33.5 Å². The molecule has 4 unspecified atom stereocenters. The third-order valence-corrected chi connectivity index (χ3v) is 8.50. The Bertz CT molecular complexity index is 898.